The van der Waals surface area contributed by atoms with Crippen LogP contribution in [0.3, 0.4) is 0 Å². The zero-order valence-electron chi connectivity index (χ0n) is 9.58. The Hall–Kier alpha value is -0.700. The third kappa shape index (κ3) is 2.70. The number of nitrogen functional groups attached to an aromatic ring is 1. The van der Waals surface area contributed by atoms with Crippen LogP contribution in [0.5, 0.6) is 5.75 Å². The first kappa shape index (κ1) is 11.8. The minimum atomic E-state index is 0.324. The molecule has 2 unspecified atom stereocenters. The molecule has 1 aromatic rings. The minimum absolute atomic E-state index is 0.324. The van der Waals surface area contributed by atoms with E-state index in [0.29, 0.717) is 11.8 Å². The second-order valence-corrected chi connectivity index (χ2v) is 5.52. The summed E-state index contributed by atoms with van der Waals surface area (Å²) in [5, 5.41) is 0. The van der Waals surface area contributed by atoms with Gasteiger partial charge in [-0.25, -0.2) is 0 Å². The van der Waals surface area contributed by atoms with Crippen LogP contribution in [0.25, 0.3) is 0 Å². The summed E-state index contributed by atoms with van der Waals surface area (Å²) in [6.07, 6.45) is 5.19. The van der Waals surface area contributed by atoms with Gasteiger partial charge in [-0.1, -0.05) is 19.4 Å². The Morgan fingerprint density at radius 1 is 1.38 bits per heavy atom. The second kappa shape index (κ2) is 5.09. The van der Waals surface area contributed by atoms with Crippen molar-refractivity contribution >= 4 is 21.6 Å². The lowest BCUT2D eigenvalue weighted by Gasteiger charge is -2.28. The molecule has 1 aliphatic rings. The maximum Gasteiger partial charge on any atom is 0.156 e. The topological polar surface area (TPSA) is 35.2 Å². The highest BCUT2D eigenvalue weighted by molar-refractivity contribution is 9.10. The molecule has 0 aliphatic heterocycles. The number of rotatable bonds is 2. The Morgan fingerprint density at radius 3 is 2.88 bits per heavy atom. The van der Waals surface area contributed by atoms with Gasteiger partial charge in [-0.05, 0) is 53.2 Å². The molecule has 2 atom stereocenters. The fraction of sp³-hybridized carbons (Fsp3) is 0.538. The van der Waals surface area contributed by atoms with Gasteiger partial charge in [-0.2, -0.15) is 0 Å². The van der Waals surface area contributed by atoms with Crippen LogP contribution in [0.4, 0.5) is 5.69 Å². The Labute approximate surface area is 105 Å². The van der Waals surface area contributed by atoms with Gasteiger partial charge < -0.3 is 10.5 Å². The molecule has 0 aromatic heterocycles. The summed E-state index contributed by atoms with van der Waals surface area (Å²) in [6, 6.07) is 5.78. The summed E-state index contributed by atoms with van der Waals surface area (Å²) in [4.78, 5) is 0. The number of benzene rings is 1. The van der Waals surface area contributed by atoms with E-state index >= 15 is 0 Å². The van der Waals surface area contributed by atoms with Crippen LogP contribution in [0.15, 0.2) is 22.7 Å². The third-order valence-corrected chi connectivity index (χ3v) is 3.79. The van der Waals surface area contributed by atoms with Crippen LogP contribution in [0, 0.1) is 5.92 Å². The molecule has 2 nitrogen and oxygen atoms in total. The van der Waals surface area contributed by atoms with Crippen LogP contribution in [0.1, 0.15) is 32.6 Å². The average Bonchev–Trinajstić information content (AvgIpc) is 2.24. The van der Waals surface area contributed by atoms with E-state index in [1.807, 2.05) is 18.2 Å². The van der Waals surface area contributed by atoms with Gasteiger partial charge in [0.15, 0.2) is 5.75 Å². The highest BCUT2D eigenvalue weighted by Gasteiger charge is 2.21. The SMILES string of the molecule is CC1CCCC(Oc2c(N)cccc2Br)C1. The molecule has 1 fully saturated rings. The first-order valence-electron chi connectivity index (χ1n) is 5.87. The predicted molar refractivity (Wildman–Crippen MR) is 70.6 cm³/mol. The maximum atomic E-state index is 6.02. The molecule has 1 aliphatic carbocycles. The van der Waals surface area contributed by atoms with E-state index in [9.17, 15) is 0 Å². The molecule has 0 saturated heterocycles. The summed E-state index contributed by atoms with van der Waals surface area (Å²) in [6.45, 7) is 2.29. The van der Waals surface area contributed by atoms with Gasteiger partial charge in [0.05, 0.1) is 16.3 Å². The van der Waals surface area contributed by atoms with E-state index in [1.54, 1.807) is 0 Å². The van der Waals surface area contributed by atoms with Gasteiger partial charge in [0.2, 0.25) is 0 Å². The van der Waals surface area contributed by atoms with Crippen molar-refractivity contribution < 1.29 is 4.74 Å². The van der Waals surface area contributed by atoms with Gasteiger partial charge in [-0.3, -0.25) is 0 Å². The van der Waals surface area contributed by atoms with Crippen LogP contribution in [-0.2, 0) is 0 Å². The highest BCUT2D eigenvalue weighted by Crippen LogP contribution is 2.35. The summed E-state index contributed by atoms with van der Waals surface area (Å²) < 4.78 is 6.97. The fourth-order valence-electron chi connectivity index (χ4n) is 2.30. The molecule has 2 N–H and O–H groups in total. The number of nitrogens with two attached hydrogens (primary N) is 1. The molecule has 1 aromatic carbocycles. The number of hydrogen-bond donors (Lipinski definition) is 1. The number of anilines is 1. The number of hydrogen-bond acceptors (Lipinski definition) is 2. The Kier molecular flexibility index (Phi) is 3.74. The van der Waals surface area contributed by atoms with Gasteiger partial charge in [0.1, 0.15) is 0 Å². The van der Waals surface area contributed by atoms with E-state index in [2.05, 4.69) is 22.9 Å². The zero-order valence-corrected chi connectivity index (χ0v) is 11.2. The number of ether oxygens (including phenoxy) is 1. The van der Waals surface area contributed by atoms with Crippen molar-refractivity contribution in [3.8, 4) is 5.75 Å². The Balaban J connectivity index is 2.08. The van der Waals surface area contributed by atoms with Gasteiger partial charge in [0.25, 0.3) is 0 Å². The summed E-state index contributed by atoms with van der Waals surface area (Å²) in [7, 11) is 0. The van der Waals surface area contributed by atoms with Crippen molar-refractivity contribution in [2.75, 3.05) is 5.73 Å². The van der Waals surface area contributed by atoms with Crippen LogP contribution >= 0.6 is 15.9 Å². The summed E-state index contributed by atoms with van der Waals surface area (Å²) in [5.74, 6) is 1.57. The van der Waals surface area contributed by atoms with E-state index in [0.717, 1.165) is 29.0 Å². The zero-order chi connectivity index (χ0) is 11.5. The lowest BCUT2D eigenvalue weighted by atomic mass is 9.89. The molecule has 3 heteroatoms. The molecule has 1 saturated carbocycles. The van der Waals surface area contributed by atoms with Crippen molar-refractivity contribution in [3.05, 3.63) is 22.7 Å². The molecule has 0 heterocycles. The van der Waals surface area contributed by atoms with Gasteiger partial charge in [0, 0.05) is 0 Å². The summed E-state index contributed by atoms with van der Waals surface area (Å²) in [5.41, 5.74) is 6.63. The standard InChI is InChI=1S/C13H18BrNO/c1-9-4-2-5-10(8-9)16-13-11(14)6-3-7-12(13)15/h3,6-7,9-10H,2,4-5,8,15H2,1H3. The number of para-hydroxylation sites is 1. The van der Waals surface area contributed by atoms with Crippen molar-refractivity contribution in [3.63, 3.8) is 0 Å². The van der Waals surface area contributed by atoms with Gasteiger partial charge in [-0.15, -0.1) is 0 Å². The molecule has 2 rings (SSSR count). The van der Waals surface area contributed by atoms with Crippen molar-refractivity contribution in [2.45, 2.75) is 38.7 Å². The Morgan fingerprint density at radius 2 is 2.19 bits per heavy atom. The number of halogens is 1. The lowest BCUT2D eigenvalue weighted by Crippen LogP contribution is -2.24. The maximum absolute atomic E-state index is 6.02. The van der Waals surface area contributed by atoms with Crippen molar-refractivity contribution in [2.24, 2.45) is 5.92 Å². The predicted octanol–water partition coefficient (Wildman–Crippen LogP) is 3.99. The van der Waals surface area contributed by atoms with E-state index in [4.69, 9.17) is 10.5 Å². The quantitative estimate of drug-likeness (QED) is 0.833. The first-order chi connectivity index (χ1) is 7.66. The summed E-state index contributed by atoms with van der Waals surface area (Å²) >= 11 is 3.48. The van der Waals surface area contributed by atoms with Crippen molar-refractivity contribution in [1.82, 2.24) is 0 Å². The van der Waals surface area contributed by atoms with E-state index in [-0.39, 0.29) is 0 Å². The molecule has 0 spiro atoms. The largest absolute Gasteiger partial charge is 0.487 e. The molecular weight excluding hydrogens is 266 g/mol. The monoisotopic (exact) mass is 283 g/mol. The molecule has 16 heavy (non-hydrogen) atoms. The van der Waals surface area contributed by atoms with Crippen LogP contribution in [-0.4, -0.2) is 6.10 Å². The smallest absolute Gasteiger partial charge is 0.156 e. The first-order valence-corrected chi connectivity index (χ1v) is 6.66. The fourth-order valence-corrected chi connectivity index (χ4v) is 2.78. The average molecular weight is 284 g/mol. The molecular formula is C13H18BrNO. The van der Waals surface area contributed by atoms with E-state index < -0.39 is 0 Å². The second-order valence-electron chi connectivity index (χ2n) is 4.67. The molecule has 0 amide bonds. The minimum Gasteiger partial charge on any atom is -0.487 e. The molecule has 0 bridgehead atoms. The molecule has 88 valence electrons. The van der Waals surface area contributed by atoms with Crippen LogP contribution < -0.4 is 10.5 Å². The van der Waals surface area contributed by atoms with Crippen LogP contribution in [0.2, 0.25) is 0 Å². The highest BCUT2D eigenvalue weighted by atomic mass is 79.9. The lowest BCUT2D eigenvalue weighted by molar-refractivity contribution is 0.129. The Bertz CT molecular complexity index is 347. The normalized spacial score (nSPS) is 25.4. The molecule has 0 radical (unpaired) electrons. The van der Waals surface area contributed by atoms with E-state index in [1.165, 1.54) is 12.8 Å². The van der Waals surface area contributed by atoms with Crippen molar-refractivity contribution in [1.29, 1.82) is 0 Å². The third-order valence-electron chi connectivity index (χ3n) is 3.17. The van der Waals surface area contributed by atoms with Gasteiger partial charge >= 0.3 is 0 Å².